The lowest BCUT2D eigenvalue weighted by Gasteiger charge is -2.18. The maximum Gasteiger partial charge on any atom is -0.00560 e. The van der Waals surface area contributed by atoms with E-state index in [1.165, 1.54) is 33.4 Å². The highest BCUT2D eigenvalue weighted by Crippen LogP contribution is 2.33. The molecule has 0 bridgehead atoms. The van der Waals surface area contributed by atoms with Crippen LogP contribution in [0, 0.1) is 0 Å². The van der Waals surface area contributed by atoms with Crippen LogP contribution in [0.1, 0.15) is 24.0 Å². The van der Waals surface area contributed by atoms with Crippen molar-refractivity contribution < 1.29 is 0 Å². The Labute approximate surface area is 155 Å². The van der Waals surface area contributed by atoms with Gasteiger partial charge in [0.25, 0.3) is 0 Å². The Morgan fingerprint density at radius 2 is 1.00 bits per heavy atom. The Bertz CT molecular complexity index is 807. The Morgan fingerprint density at radius 3 is 1.31 bits per heavy atom. The zero-order valence-corrected chi connectivity index (χ0v) is 14.8. The first kappa shape index (κ1) is 17.6. The zero-order valence-electron chi connectivity index (χ0n) is 14.8. The molecule has 4 N–H and O–H groups in total. The molecule has 0 amide bonds. The standard InChI is InChI=1S/C24H24N2/c25-17-15-23(19-7-3-1-4-8-19)21-11-13-22(14-12-21)24(16-18-26)20-9-5-2-6-10-20/h1-11,13,15-18H,12,14,25-26H2/b17-15-,18-16-,23-21+,24-22+. The van der Waals surface area contributed by atoms with Gasteiger partial charge in [-0.2, -0.15) is 0 Å². The third-order valence-corrected chi connectivity index (χ3v) is 4.54. The lowest BCUT2D eigenvalue weighted by atomic mass is 9.87. The van der Waals surface area contributed by atoms with Crippen molar-refractivity contribution in [3.8, 4) is 0 Å². The van der Waals surface area contributed by atoms with Gasteiger partial charge in [0.15, 0.2) is 0 Å². The van der Waals surface area contributed by atoms with E-state index < -0.39 is 0 Å². The predicted octanol–water partition coefficient (Wildman–Crippen LogP) is 5.19. The summed E-state index contributed by atoms with van der Waals surface area (Å²) in [7, 11) is 0. The van der Waals surface area contributed by atoms with E-state index in [0.717, 1.165) is 12.8 Å². The van der Waals surface area contributed by atoms with Crippen LogP contribution >= 0.6 is 0 Å². The molecule has 3 rings (SSSR count). The molecule has 2 nitrogen and oxygen atoms in total. The lowest BCUT2D eigenvalue weighted by Crippen LogP contribution is -1.98. The van der Waals surface area contributed by atoms with Gasteiger partial charge in [-0.15, -0.1) is 0 Å². The lowest BCUT2D eigenvalue weighted by molar-refractivity contribution is 0.952. The molecule has 130 valence electrons. The fraction of sp³-hybridized carbons (Fsp3) is 0.0833. The summed E-state index contributed by atoms with van der Waals surface area (Å²) in [6, 6.07) is 20.7. The summed E-state index contributed by atoms with van der Waals surface area (Å²) in [6.07, 6.45) is 13.5. The summed E-state index contributed by atoms with van der Waals surface area (Å²) >= 11 is 0. The minimum absolute atomic E-state index is 0.967. The van der Waals surface area contributed by atoms with Gasteiger partial charge in [0, 0.05) is 0 Å². The summed E-state index contributed by atoms with van der Waals surface area (Å²) < 4.78 is 0. The van der Waals surface area contributed by atoms with Gasteiger partial charge in [-0.3, -0.25) is 0 Å². The molecule has 0 atom stereocenters. The molecule has 1 aliphatic carbocycles. The molecule has 0 unspecified atom stereocenters. The van der Waals surface area contributed by atoms with E-state index in [0.29, 0.717) is 0 Å². The normalized spacial score (nSPS) is 18.5. The first-order valence-corrected chi connectivity index (χ1v) is 8.85. The predicted molar refractivity (Wildman–Crippen MR) is 112 cm³/mol. The number of allylic oxidation sites excluding steroid dienone is 8. The zero-order chi connectivity index (χ0) is 18.2. The van der Waals surface area contributed by atoms with E-state index >= 15 is 0 Å². The topological polar surface area (TPSA) is 52.0 Å². The molecule has 0 spiro atoms. The second-order valence-corrected chi connectivity index (χ2v) is 6.16. The van der Waals surface area contributed by atoms with Gasteiger partial charge in [-0.25, -0.2) is 0 Å². The van der Waals surface area contributed by atoms with Crippen molar-refractivity contribution in [3.63, 3.8) is 0 Å². The molecule has 0 aromatic heterocycles. The maximum atomic E-state index is 5.69. The van der Waals surface area contributed by atoms with E-state index in [9.17, 15) is 0 Å². The Balaban J connectivity index is 2.02. The molecule has 2 aromatic rings. The van der Waals surface area contributed by atoms with Crippen LogP contribution in [0.4, 0.5) is 0 Å². The van der Waals surface area contributed by atoms with Gasteiger partial charge < -0.3 is 11.5 Å². The largest absolute Gasteiger partial charge is 0.405 e. The molecule has 0 heterocycles. The molecule has 0 saturated heterocycles. The van der Waals surface area contributed by atoms with Crippen molar-refractivity contribution in [1.29, 1.82) is 0 Å². The Morgan fingerprint density at radius 1 is 0.615 bits per heavy atom. The average Bonchev–Trinajstić information content (AvgIpc) is 2.72. The number of hydrogen-bond donors (Lipinski definition) is 2. The van der Waals surface area contributed by atoms with Crippen LogP contribution in [0.3, 0.4) is 0 Å². The highest BCUT2D eigenvalue weighted by Gasteiger charge is 2.13. The van der Waals surface area contributed by atoms with Gasteiger partial charge in [0.05, 0.1) is 0 Å². The Kier molecular flexibility index (Phi) is 5.89. The maximum absolute atomic E-state index is 5.69. The number of benzene rings is 2. The monoisotopic (exact) mass is 340 g/mol. The fourth-order valence-electron chi connectivity index (χ4n) is 3.29. The molecule has 2 aromatic carbocycles. The second kappa shape index (κ2) is 8.72. The molecule has 0 fully saturated rings. The first-order chi connectivity index (χ1) is 12.8. The SMILES string of the molecule is N/C=C\C(=C1C=C/C(=C(/C=C\N)c2ccccc2)CC\1)c1ccccc1. The van der Waals surface area contributed by atoms with Crippen molar-refractivity contribution in [2.75, 3.05) is 0 Å². The highest BCUT2D eigenvalue weighted by atomic mass is 14.5. The van der Waals surface area contributed by atoms with E-state index in [1.54, 1.807) is 12.4 Å². The van der Waals surface area contributed by atoms with Crippen LogP contribution in [0.2, 0.25) is 0 Å². The van der Waals surface area contributed by atoms with Crippen molar-refractivity contribution in [1.82, 2.24) is 0 Å². The Hall–Kier alpha value is -3.26. The van der Waals surface area contributed by atoms with Crippen molar-refractivity contribution in [3.05, 3.63) is 120 Å². The van der Waals surface area contributed by atoms with Gasteiger partial charge in [0.1, 0.15) is 0 Å². The average molecular weight is 340 g/mol. The van der Waals surface area contributed by atoms with E-state index in [2.05, 4.69) is 60.7 Å². The molecule has 26 heavy (non-hydrogen) atoms. The number of rotatable bonds is 4. The highest BCUT2D eigenvalue weighted by molar-refractivity contribution is 5.82. The van der Waals surface area contributed by atoms with Crippen LogP contribution in [0.25, 0.3) is 11.1 Å². The smallest absolute Gasteiger partial charge is 0.00560 e. The fourth-order valence-corrected chi connectivity index (χ4v) is 3.29. The van der Waals surface area contributed by atoms with Crippen LogP contribution in [-0.4, -0.2) is 0 Å². The first-order valence-electron chi connectivity index (χ1n) is 8.85. The molecular formula is C24H24N2. The molecule has 2 heteroatoms. The number of nitrogens with two attached hydrogens (primary N) is 2. The van der Waals surface area contributed by atoms with Crippen LogP contribution in [-0.2, 0) is 0 Å². The minimum atomic E-state index is 0.967. The summed E-state index contributed by atoms with van der Waals surface area (Å²) in [5, 5.41) is 0. The second-order valence-electron chi connectivity index (χ2n) is 6.16. The summed E-state index contributed by atoms with van der Waals surface area (Å²) in [4.78, 5) is 0. The van der Waals surface area contributed by atoms with Gasteiger partial charge in [-0.05, 0) is 70.8 Å². The van der Waals surface area contributed by atoms with Gasteiger partial charge >= 0.3 is 0 Å². The molecular weight excluding hydrogens is 316 g/mol. The molecule has 1 aliphatic rings. The van der Waals surface area contributed by atoms with Crippen molar-refractivity contribution >= 4 is 11.1 Å². The van der Waals surface area contributed by atoms with E-state index in [-0.39, 0.29) is 0 Å². The summed E-state index contributed by atoms with van der Waals surface area (Å²) in [5.74, 6) is 0. The van der Waals surface area contributed by atoms with Crippen molar-refractivity contribution in [2.45, 2.75) is 12.8 Å². The molecule has 0 radical (unpaired) electrons. The minimum Gasteiger partial charge on any atom is -0.405 e. The molecule has 0 saturated carbocycles. The third kappa shape index (κ3) is 4.04. The van der Waals surface area contributed by atoms with Crippen LogP contribution < -0.4 is 11.5 Å². The number of hydrogen-bond acceptors (Lipinski definition) is 2. The van der Waals surface area contributed by atoms with E-state index in [4.69, 9.17) is 11.5 Å². The molecule has 0 aliphatic heterocycles. The van der Waals surface area contributed by atoms with Crippen LogP contribution in [0.5, 0.6) is 0 Å². The third-order valence-electron chi connectivity index (χ3n) is 4.54. The van der Waals surface area contributed by atoms with Gasteiger partial charge in [0.2, 0.25) is 0 Å². The van der Waals surface area contributed by atoms with Gasteiger partial charge in [-0.1, -0.05) is 72.8 Å². The quantitative estimate of drug-likeness (QED) is 0.805. The van der Waals surface area contributed by atoms with Crippen LogP contribution in [0.15, 0.2) is 109 Å². The van der Waals surface area contributed by atoms with Crippen molar-refractivity contribution in [2.24, 2.45) is 11.5 Å². The summed E-state index contributed by atoms with van der Waals surface area (Å²) in [5.41, 5.74) is 18.7. The summed E-state index contributed by atoms with van der Waals surface area (Å²) in [6.45, 7) is 0. The van der Waals surface area contributed by atoms with E-state index in [1.807, 2.05) is 24.3 Å².